The first-order valence-electron chi connectivity index (χ1n) is 5.82. The summed E-state index contributed by atoms with van der Waals surface area (Å²) in [6.07, 6.45) is 0.648. The SMILES string of the molecule is O=C(O)CCc1cccc(-c2ccc(Cl)c(Cl)c2)c1. The van der Waals surface area contributed by atoms with Gasteiger partial charge in [0.2, 0.25) is 0 Å². The Morgan fingerprint density at radius 2 is 1.74 bits per heavy atom. The van der Waals surface area contributed by atoms with Gasteiger partial charge in [-0.3, -0.25) is 4.79 Å². The number of halogens is 2. The number of carbonyl (C=O) groups is 1. The summed E-state index contributed by atoms with van der Waals surface area (Å²) in [5.74, 6) is -0.792. The van der Waals surface area contributed by atoms with Gasteiger partial charge in [-0.2, -0.15) is 0 Å². The van der Waals surface area contributed by atoms with Crippen molar-refractivity contribution in [3.05, 3.63) is 58.1 Å². The topological polar surface area (TPSA) is 37.3 Å². The molecular formula is C15H12Cl2O2. The van der Waals surface area contributed by atoms with Crippen molar-refractivity contribution in [2.75, 3.05) is 0 Å². The molecule has 0 aliphatic carbocycles. The highest BCUT2D eigenvalue weighted by molar-refractivity contribution is 6.42. The van der Waals surface area contributed by atoms with Gasteiger partial charge in [-0.25, -0.2) is 0 Å². The van der Waals surface area contributed by atoms with Crippen LogP contribution in [0.5, 0.6) is 0 Å². The van der Waals surface area contributed by atoms with Crippen LogP contribution in [-0.2, 0) is 11.2 Å². The van der Waals surface area contributed by atoms with Crippen molar-refractivity contribution < 1.29 is 9.90 Å². The largest absolute Gasteiger partial charge is 0.481 e. The highest BCUT2D eigenvalue weighted by Crippen LogP contribution is 2.29. The van der Waals surface area contributed by atoms with Crippen LogP contribution in [0.2, 0.25) is 10.0 Å². The molecule has 0 fully saturated rings. The number of carboxylic acids is 1. The van der Waals surface area contributed by atoms with Gasteiger partial charge in [-0.1, -0.05) is 53.5 Å². The minimum absolute atomic E-state index is 0.130. The van der Waals surface area contributed by atoms with Crippen LogP contribution in [0.3, 0.4) is 0 Å². The van der Waals surface area contributed by atoms with Gasteiger partial charge in [0.05, 0.1) is 10.0 Å². The molecule has 2 aromatic rings. The van der Waals surface area contributed by atoms with Crippen molar-refractivity contribution >= 4 is 29.2 Å². The van der Waals surface area contributed by atoms with Gasteiger partial charge >= 0.3 is 5.97 Å². The minimum Gasteiger partial charge on any atom is -0.481 e. The van der Waals surface area contributed by atoms with E-state index in [1.807, 2.05) is 30.3 Å². The predicted octanol–water partition coefficient (Wildman–Crippen LogP) is 4.68. The monoisotopic (exact) mass is 294 g/mol. The first-order chi connectivity index (χ1) is 9.06. The first kappa shape index (κ1) is 13.9. The lowest BCUT2D eigenvalue weighted by atomic mass is 10.0. The first-order valence-corrected chi connectivity index (χ1v) is 6.58. The van der Waals surface area contributed by atoms with E-state index in [0.717, 1.165) is 16.7 Å². The van der Waals surface area contributed by atoms with Crippen molar-refractivity contribution in [2.45, 2.75) is 12.8 Å². The summed E-state index contributed by atoms with van der Waals surface area (Å²) in [6.45, 7) is 0. The van der Waals surface area contributed by atoms with Crippen LogP contribution in [0, 0.1) is 0 Å². The molecule has 98 valence electrons. The number of benzene rings is 2. The molecule has 0 aromatic heterocycles. The summed E-state index contributed by atoms with van der Waals surface area (Å²) < 4.78 is 0. The van der Waals surface area contributed by atoms with Crippen LogP contribution >= 0.6 is 23.2 Å². The average molecular weight is 295 g/mol. The van der Waals surface area contributed by atoms with Gasteiger partial charge in [0.15, 0.2) is 0 Å². The van der Waals surface area contributed by atoms with Gasteiger partial charge in [-0.05, 0) is 35.2 Å². The Hall–Kier alpha value is -1.51. The number of hydrogen-bond donors (Lipinski definition) is 1. The Kier molecular flexibility index (Phi) is 4.46. The number of hydrogen-bond acceptors (Lipinski definition) is 1. The summed E-state index contributed by atoms with van der Waals surface area (Å²) >= 11 is 11.9. The van der Waals surface area contributed by atoms with E-state index >= 15 is 0 Å². The van der Waals surface area contributed by atoms with E-state index in [1.165, 1.54) is 0 Å². The Bertz CT molecular complexity index is 609. The van der Waals surface area contributed by atoms with Crippen LogP contribution in [0.15, 0.2) is 42.5 Å². The maximum Gasteiger partial charge on any atom is 0.303 e. The van der Waals surface area contributed by atoms with E-state index in [2.05, 4.69) is 0 Å². The molecule has 0 saturated carbocycles. The average Bonchev–Trinajstić information content (AvgIpc) is 2.40. The molecule has 2 aromatic carbocycles. The van der Waals surface area contributed by atoms with Crippen LogP contribution in [0.25, 0.3) is 11.1 Å². The second-order valence-electron chi connectivity index (χ2n) is 4.22. The Morgan fingerprint density at radius 1 is 1.00 bits per heavy atom. The molecule has 0 atom stereocenters. The van der Waals surface area contributed by atoms with Crippen LogP contribution in [0.4, 0.5) is 0 Å². The molecule has 0 amide bonds. The Labute approximate surface area is 121 Å². The molecular weight excluding hydrogens is 283 g/mol. The van der Waals surface area contributed by atoms with E-state index in [0.29, 0.717) is 16.5 Å². The van der Waals surface area contributed by atoms with Gasteiger partial charge in [0.25, 0.3) is 0 Å². The Morgan fingerprint density at radius 3 is 2.42 bits per heavy atom. The van der Waals surface area contributed by atoms with Gasteiger partial charge < -0.3 is 5.11 Å². The van der Waals surface area contributed by atoms with Gasteiger partial charge in [0, 0.05) is 6.42 Å². The normalized spacial score (nSPS) is 10.4. The summed E-state index contributed by atoms with van der Waals surface area (Å²) in [5, 5.41) is 9.73. The van der Waals surface area contributed by atoms with Crippen LogP contribution < -0.4 is 0 Å². The number of aryl methyl sites for hydroxylation is 1. The van der Waals surface area contributed by atoms with Gasteiger partial charge in [0.1, 0.15) is 0 Å². The maximum atomic E-state index is 10.6. The predicted molar refractivity (Wildman–Crippen MR) is 77.9 cm³/mol. The van der Waals surface area contributed by atoms with E-state index in [-0.39, 0.29) is 6.42 Å². The van der Waals surface area contributed by atoms with Crippen molar-refractivity contribution in [1.29, 1.82) is 0 Å². The Balaban J connectivity index is 2.27. The molecule has 2 nitrogen and oxygen atoms in total. The summed E-state index contributed by atoms with van der Waals surface area (Å²) in [6, 6.07) is 13.2. The molecule has 0 heterocycles. The molecule has 0 bridgehead atoms. The third kappa shape index (κ3) is 3.72. The lowest BCUT2D eigenvalue weighted by Crippen LogP contribution is -1.97. The smallest absolute Gasteiger partial charge is 0.303 e. The zero-order valence-corrected chi connectivity index (χ0v) is 11.6. The molecule has 0 saturated heterocycles. The number of carboxylic acid groups (broad SMARTS) is 1. The second kappa shape index (κ2) is 6.09. The van der Waals surface area contributed by atoms with Crippen molar-refractivity contribution in [3.63, 3.8) is 0 Å². The fraction of sp³-hybridized carbons (Fsp3) is 0.133. The third-order valence-electron chi connectivity index (χ3n) is 2.81. The van der Waals surface area contributed by atoms with Crippen molar-refractivity contribution in [3.8, 4) is 11.1 Å². The molecule has 1 N–H and O–H groups in total. The highest BCUT2D eigenvalue weighted by atomic mass is 35.5. The fourth-order valence-corrected chi connectivity index (χ4v) is 2.13. The lowest BCUT2D eigenvalue weighted by Gasteiger charge is -2.06. The standard InChI is InChI=1S/C15H12Cl2O2/c16-13-6-5-12(9-14(13)17)11-3-1-2-10(8-11)4-7-15(18)19/h1-3,5-6,8-9H,4,7H2,(H,18,19). The molecule has 0 spiro atoms. The molecule has 0 radical (unpaired) electrons. The molecule has 4 heteroatoms. The lowest BCUT2D eigenvalue weighted by molar-refractivity contribution is -0.136. The number of aliphatic carboxylic acids is 1. The van der Waals surface area contributed by atoms with E-state index in [1.54, 1.807) is 12.1 Å². The summed E-state index contributed by atoms with van der Waals surface area (Å²) in [5.41, 5.74) is 2.96. The van der Waals surface area contributed by atoms with Crippen LogP contribution in [-0.4, -0.2) is 11.1 Å². The second-order valence-corrected chi connectivity index (χ2v) is 5.04. The molecule has 0 aliphatic rings. The fourth-order valence-electron chi connectivity index (χ4n) is 1.83. The highest BCUT2D eigenvalue weighted by Gasteiger charge is 2.04. The summed E-state index contributed by atoms with van der Waals surface area (Å²) in [4.78, 5) is 10.6. The quantitative estimate of drug-likeness (QED) is 0.889. The van der Waals surface area contributed by atoms with Crippen molar-refractivity contribution in [1.82, 2.24) is 0 Å². The van der Waals surface area contributed by atoms with E-state index < -0.39 is 5.97 Å². The third-order valence-corrected chi connectivity index (χ3v) is 3.55. The van der Waals surface area contributed by atoms with Crippen LogP contribution in [0.1, 0.15) is 12.0 Å². The molecule has 19 heavy (non-hydrogen) atoms. The van der Waals surface area contributed by atoms with E-state index in [9.17, 15) is 4.79 Å². The maximum absolute atomic E-state index is 10.6. The van der Waals surface area contributed by atoms with E-state index in [4.69, 9.17) is 28.3 Å². The number of rotatable bonds is 4. The molecule has 0 unspecified atom stereocenters. The minimum atomic E-state index is -0.792. The molecule has 0 aliphatic heterocycles. The molecule has 2 rings (SSSR count). The zero-order valence-electron chi connectivity index (χ0n) is 10.1. The van der Waals surface area contributed by atoms with Gasteiger partial charge in [-0.15, -0.1) is 0 Å². The van der Waals surface area contributed by atoms with Crippen molar-refractivity contribution in [2.24, 2.45) is 0 Å². The zero-order chi connectivity index (χ0) is 13.8. The summed E-state index contributed by atoms with van der Waals surface area (Å²) in [7, 11) is 0.